The smallest absolute Gasteiger partial charge is 0.122 e. The van der Waals surface area contributed by atoms with Crippen molar-refractivity contribution in [1.82, 2.24) is 4.90 Å². The lowest BCUT2D eigenvalue weighted by molar-refractivity contribution is 0.166. The maximum Gasteiger partial charge on any atom is 0.122 e. The number of hydrogen-bond donors (Lipinski definition) is 1. The van der Waals surface area contributed by atoms with Gasteiger partial charge in [0.05, 0.1) is 6.61 Å². The van der Waals surface area contributed by atoms with Crippen LogP contribution in [0.25, 0.3) is 0 Å². The summed E-state index contributed by atoms with van der Waals surface area (Å²) in [6.45, 7) is 3.21. The predicted molar refractivity (Wildman–Crippen MR) is 76.6 cm³/mol. The van der Waals surface area contributed by atoms with Crippen molar-refractivity contribution in [3.63, 3.8) is 0 Å². The summed E-state index contributed by atoms with van der Waals surface area (Å²) < 4.78 is 10.6. The minimum atomic E-state index is 0.266. The third-order valence-electron chi connectivity index (χ3n) is 3.71. The number of hydrogen-bond acceptors (Lipinski definition) is 4. The lowest BCUT2D eigenvalue weighted by Crippen LogP contribution is -2.31. The van der Waals surface area contributed by atoms with E-state index in [4.69, 9.17) is 15.2 Å². The predicted octanol–water partition coefficient (Wildman–Crippen LogP) is 1.59. The third kappa shape index (κ3) is 3.47. The molecule has 0 fully saturated rings. The first-order valence-corrected chi connectivity index (χ1v) is 6.91. The fraction of sp³-hybridized carbons (Fsp3) is 0.600. The van der Waals surface area contributed by atoms with Crippen molar-refractivity contribution in [2.45, 2.75) is 18.9 Å². The summed E-state index contributed by atoms with van der Waals surface area (Å²) in [6.07, 6.45) is 2.03. The van der Waals surface area contributed by atoms with Crippen molar-refractivity contribution in [2.24, 2.45) is 5.73 Å². The van der Waals surface area contributed by atoms with Gasteiger partial charge in [0.2, 0.25) is 0 Å². The average Bonchev–Trinajstić information content (AvgIpc) is 2.87. The van der Waals surface area contributed by atoms with Gasteiger partial charge in [-0.15, -0.1) is 0 Å². The molecule has 1 aliphatic rings. The molecule has 1 heterocycles. The summed E-state index contributed by atoms with van der Waals surface area (Å²) >= 11 is 0. The lowest BCUT2D eigenvalue weighted by atomic mass is 10.0. The molecule has 1 aliphatic heterocycles. The van der Waals surface area contributed by atoms with Crippen LogP contribution in [0.5, 0.6) is 5.75 Å². The van der Waals surface area contributed by atoms with Crippen LogP contribution in [-0.2, 0) is 11.2 Å². The first-order valence-electron chi connectivity index (χ1n) is 6.91. The van der Waals surface area contributed by atoms with Crippen molar-refractivity contribution < 1.29 is 9.47 Å². The molecule has 0 spiro atoms. The zero-order chi connectivity index (χ0) is 13.7. The first-order chi connectivity index (χ1) is 9.26. The summed E-state index contributed by atoms with van der Waals surface area (Å²) in [4.78, 5) is 2.30. The standard InChI is InChI=1S/C15H24N2O2/c1-17(7-3-8-18-2)14(11-16)12-4-5-15-13(10-12)6-9-19-15/h4-5,10,14H,3,6-9,11,16H2,1-2H3. The van der Waals surface area contributed by atoms with Crippen molar-refractivity contribution in [3.05, 3.63) is 29.3 Å². The molecule has 2 N–H and O–H groups in total. The molecule has 19 heavy (non-hydrogen) atoms. The SMILES string of the molecule is COCCCN(C)C(CN)c1ccc2c(c1)CCO2. The second-order valence-electron chi connectivity index (χ2n) is 5.04. The van der Waals surface area contributed by atoms with Gasteiger partial charge in [0.25, 0.3) is 0 Å². The molecule has 0 aromatic heterocycles. The van der Waals surface area contributed by atoms with Gasteiger partial charge in [-0.1, -0.05) is 12.1 Å². The highest BCUT2D eigenvalue weighted by Gasteiger charge is 2.19. The Bertz CT molecular complexity index is 409. The molecule has 1 aromatic rings. The normalized spacial score (nSPS) is 15.4. The number of benzene rings is 1. The van der Waals surface area contributed by atoms with Gasteiger partial charge in [0, 0.05) is 39.3 Å². The Morgan fingerprint density at radius 2 is 2.32 bits per heavy atom. The van der Waals surface area contributed by atoms with Crippen LogP contribution in [0.15, 0.2) is 18.2 Å². The third-order valence-corrected chi connectivity index (χ3v) is 3.71. The number of ether oxygens (including phenoxy) is 2. The summed E-state index contributed by atoms with van der Waals surface area (Å²) in [5.74, 6) is 1.03. The van der Waals surface area contributed by atoms with E-state index in [9.17, 15) is 0 Å². The summed E-state index contributed by atoms with van der Waals surface area (Å²) in [6, 6.07) is 6.72. The van der Waals surface area contributed by atoms with Crippen molar-refractivity contribution in [3.8, 4) is 5.75 Å². The number of likely N-dealkylation sites (N-methyl/N-ethyl adjacent to an activating group) is 1. The van der Waals surface area contributed by atoms with E-state index in [2.05, 4.69) is 30.1 Å². The van der Waals surface area contributed by atoms with Crippen LogP contribution < -0.4 is 10.5 Å². The molecule has 0 amide bonds. The molecule has 1 atom stereocenters. The fourth-order valence-corrected chi connectivity index (χ4v) is 2.60. The van der Waals surface area contributed by atoms with Crippen molar-refractivity contribution in [1.29, 1.82) is 0 Å². The van der Waals surface area contributed by atoms with Gasteiger partial charge in [-0.2, -0.15) is 0 Å². The molecule has 0 bridgehead atoms. The van der Waals surface area contributed by atoms with E-state index in [1.807, 2.05) is 0 Å². The van der Waals surface area contributed by atoms with E-state index in [-0.39, 0.29) is 6.04 Å². The fourth-order valence-electron chi connectivity index (χ4n) is 2.60. The van der Waals surface area contributed by atoms with Gasteiger partial charge >= 0.3 is 0 Å². The Kier molecular flexibility index (Phi) is 5.19. The van der Waals surface area contributed by atoms with E-state index >= 15 is 0 Å². The van der Waals surface area contributed by atoms with E-state index in [1.54, 1.807) is 7.11 Å². The van der Waals surface area contributed by atoms with E-state index in [0.717, 1.165) is 38.3 Å². The van der Waals surface area contributed by atoms with Crippen molar-refractivity contribution in [2.75, 3.05) is 40.5 Å². The van der Waals surface area contributed by atoms with Gasteiger partial charge in [-0.3, -0.25) is 4.90 Å². The number of methoxy groups -OCH3 is 1. The van der Waals surface area contributed by atoms with E-state index < -0.39 is 0 Å². The molecule has 0 saturated heterocycles. The zero-order valence-electron chi connectivity index (χ0n) is 11.9. The molecule has 106 valence electrons. The Hall–Kier alpha value is -1.10. The van der Waals surface area contributed by atoms with Crippen LogP contribution in [0.3, 0.4) is 0 Å². The van der Waals surface area contributed by atoms with Crippen LogP contribution in [0, 0.1) is 0 Å². The molecule has 0 radical (unpaired) electrons. The topological polar surface area (TPSA) is 47.7 Å². The highest BCUT2D eigenvalue weighted by Crippen LogP contribution is 2.29. The van der Waals surface area contributed by atoms with Gasteiger partial charge in [0.15, 0.2) is 0 Å². The van der Waals surface area contributed by atoms with E-state index in [0.29, 0.717) is 6.54 Å². The first kappa shape index (κ1) is 14.3. The van der Waals surface area contributed by atoms with Crippen LogP contribution in [0.2, 0.25) is 0 Å². The highest BCUT2D eigenvalue weighted by molar-refractivity contribution is 5.40. The van der Waals surface area contributed by atoms with Gasteiger partial charge in [-0.05, 0) is 30.7 Å². The highest BCUT2D eigenvalue weighted by atomic mass is 16.5. The van der Waals surface area contributed by atoms with Crippen molar-refractivity contribution >= 4 is 0 Å². The minimum Gasteiger partial charge on any atom is -0.493 e. The molecular weight excluding hydrogens is 240 g/mol. The van der Waals surface area contributed by atoms with Crippen LogP contribution in [0.4, 0.5) is 0 Å². The average molecular weight is 264 g/mol. The summed E-state index contributed by atoms with van der Waals surface area (Å²) in [5, 5.41) is 0. The quantitative estimate of drug-likeness (QED) is 0.760. The Labute approximate surface area is 115 Å². The van der Waals surface area contributed by atoms with Crippen LogP contribution in [-0.4, -0.2) is 45.4 Å². The van der Waals surface area contributed by atoms with Gasteiger partial charge in [-0.25, -0.2) is 0 Å². The number of rotatable bonds is 7. The monoisotopic (exact) mass is 264 g/mol. The van der Waals surface area contributed by atoms with E-state index in [1.165, 1.54) is 11.1 Å². The lowest BCUT2D eigenvalue weighted by Gasteiger charge is -2.27. The molecule has 1 unspecified atom stereocenters. The molecular formula is C15H24N2O2. The van der Waals surface area contributed by atoms with Gasteiger partial charge < -0.3 is 15.2 Å². The van der Waals surface area contributed by atoms with Crippen LogP contribution >= 0.6 is 0 Å². The molecule has 0 saturated carbocycles. The molecule has 1 aromatic carbocycles. The number of nitrogens with two attached hydrogens (primary N) is 1. The summed E-state index contributed by atoms with van der Waals surface area (Å²) in [7, 11) is 3.86. The number of nitrogens with zero attached hydrogens (tertiary/aromatic N) is 1. The number of fused-ring (bicyclic) bond motifs is 1. The minimum absolute atomic E-state index is 0.266. The second-order valence-corrected chi connectivity index (χ2v) is 5.04. The molecule has 2 rings (SSSR count). The largest absolute Gasteiger partial charge is 0.493 e. The summed E-state index contributed by atoms with van der Waals surface area (Å²) in [5.41, 5.74) is 8.54. The second kappa shape index (κ2) is 6.89. The maximum absolute atomic E-state index is 5.95. The molecule has 0 aliphatic carbocycles. The maximum atomic E-state index is 5.95. The molecule has 4 heteroatoms. The van der Waals surface area contributed by atoms with Crippen LogP contribution in [0.1, 0.15) is 23.6 Å². The Balaban J connectivity index is 2.04. The molecule has 4 nitrogen and oxygen atoms in total. The Morgan fingerprint density at radius 1 is 1.47 bits per heavy atom. The zero-order valence-corrected chi connectivity index (χ0v) is 11.9. The Morgan fingerprint density at radius 3 is 3.05 bits per heavy atom. The van der Waals surface area contributed by atoms with Gasteiger partial charge in [0.1, 0.15) is 5.75 Å².